The van der Waals surface area contributed by atoms with Crippen molar-refractivity contribution in [3.63, 3.8) is 0 Å². The van der Waals surface area contributed by atoms with Gasteiger partial charge in [0.15, 0.2) is 0 Å². The summed E-state index contributed by atoms with van der Waals surface area (Å²) in [6, 6.07) is 1.44. The van der Waals surface area contributed by atoms with Gasteiger partial charge in [-0.3, -0.25) is 9.59 Å². The van der Waals surface area contributed by atoms with Crippen molar-refractivity contribution in [2.45, 2.75) is 20.8 Å². The Morgan fingerprint density at radius 3 is 2.57 bits per heavy atom. The fraction of sp³-hybridized carbons (Fsp3) is 0.500. The number of carbonyl (C=O) groups is 2. The van der Waals surface area contributed by atoms with Crippen LogP contribution in [0.1, 0.15) is 31.1 Å². The van der Waals surface area contributed by atoms with E-state index in [0.717, 1.165) is 0 Å². The first-order chi connectivity index (χ1) is 9.85. The topological polar surface area (TPSA) is 59.5 Å². The van der Waals surface area contributed by atoms with E-state index in [-0.39, 0.29) is 40.7 Å². The van der Waals surface area contributed by atoms with Gasteiger partial charge in [0.25, 0.3) is 5.91 Å². The summed E-state index contributed by atoms with van der Waals surface area (Å²) in [7, 11) is 0. The summed E-state index contributed by atoms with van der Waals surface area (Å²) in [4.78, 5) is 29.3. The Morgan fingerprint density at radius 1 is 1.38 bits per heavy atom. The molecule has 7 heteroatoms. The number of esters is 1. The number of carbonyl (C=O) groups excluding carboxylic acids is 2. The molecule has 1 amide bonds. The van der Waals surface area contributed by atoms with Crippen LogP contribution in [0.3, 0.4) is 0 Å². The minimum atomic E-state index is -0.445. The van der Waals surface area contributed by atoms with Gasteiger partial charge >= 0.3 is 5.97 Å². The molecule has 116 valence electrons. The van der Waals surface area contributed by atoms with Crippen LogP contribution in [0.4, 0.5) is 0 Å². The number of rotatable bonds is 6. The lowest BCUT2D eigenvalue weighted by atomic mass is 10.1. The molecule has 0 saturated heterocycles. The zero-order valence-corrected chi connectivity index (χ0v) is 13.7. The predicted octanol–water partition coefficient (Wildman–Crippen LogP) is 3.05. The first kappa shape index (κ1) is 17.7. The zero-order valence-electron chi connectivity index (χ0n) is 12.2. The predicted molar refractivity (Wildman–Crippen MR) is 81.6 cm³/mol. The van der Waals surface area contributed by atoms with Crippen LogP contribution in [0, 0.1) is 5.92 Å². The van der Waals surface area contributed by atoms with Crippen molar-refractivity contribution in [2.75, 3.05) is 19.7 Å². The van der Waals surface area contributed by atoms with Gasteiger partial charge in [-0.1, -0.05) is 37.0 Å². The molecule has 0 atom stereocenters. The van der Waals surface area contributed by atoms with Crippen molar-refractivity contribution in [3.05, 3.63) is 28.0 Å². The third-order valence-corrected chi connectivity index (χ3v) is 3.23. The average molecular weight is 333 g/mol. The van der Waals surface area contributed by atoms with E-state index in [0.29, 0.717) is 6.54 Å². The van der Waals surface area contributed by atoms with Gasteiger partial charge in [-0.25, -0.2) is 4.98 Å². The molecule has 0 aliphatic carbocycles. The number of hydrogen-bond donors (Lipinski definition) is 0. The number of aromatic nitrogens is 1. The van der Waals surface area contributed by atoms with E-state index in [4.69, 9.17) is 27.9 Å². The van der Waals surface area contributed by atoms with E-state index in [1.165, 1.54) is 17.2 Å². The number of nitrogens with zero attached hydrogens (tertiary/aromatic N) is 2. The van der Waals surface area contributed by atoms with Crippen LogP contribution in [-0.2, 0) is 9.53 Å². The molecule has 1 aromatic heterocycles. The lowest BCUT2D eigenvalue weighted by molar-refractivity contribution is -0.143. The molecule has 0 spiro atoms. The zero-order chi connectivity index (χ0) is 16.0. The van der Waals surface area contributed by atoms with Crippen molar-refractivity contribution in [2.24, 2.45) is 5.92 Å². The standard InChI is InChI=1S/C14H18Cl2N2O3/c1-4-21-12(19)8-18(7-9(2)3)14(20)10-5-11(15)13(16)17-6-10/h5-6,9H,4,7-8H2,1-3H3. The van der Waals surface area contributed by atoms with Crippen LogP contribution >= 0.6 is 23.2 Å². The first-order valence-electron chi connectivity index (χ1n) is 6.61. The van der Waals surface area contributed by atoms with Crippen LogP contribution in [0.5, 0.6) is 0 Å². The summed E-state index contributed by atoms with van der Waals surface area (Å²) < 4.78 is 4.89. The van der Waals surface area contributed by atoms with E-state index < -0.39 is 5.97 Å². The maximum absolute atomic E-state index is 12.5. The Balaban J connectivity index is 2.92. The fourth-order valence-electron chi connectivity index (χ4n) is 1.74. The van der Waals surface area contributed by atoms with Gasteiger partial charge < -0.3 is 9.64 Å². The molecule has 1 heterocycles. The molecule has 0 aliphatic rings. The molecule has 0 aliphatic heterocycles. The Kier molecular flexibility index (Phi) is 6.92. The highest BCUT2D eigenvalue weighted by molar-refractivity contribution is 6.41. The van der Waals surface area contributed by atoms with Gasteiger partial charge in [-0.2, -0.15) is 0 Å². The normalized spacial score (nSPS) is 10.6. The summed E-state index contributed by atoms with van der Waals surface area (Å²) in [5, 5.41) is 0.331. The maximum atomic E-state index is 12.5. The van der Waals surface area contributed by atoms with E-state index in [1.807, 2.05) is 13.8 Å². The highest BCUT2D eigenvalue weighted by Crippen LogP contribution is 2.20. The molecule has 0 unspecified atom stereocenters. The molecule has 21 heavy (non-hydrogen) atoms. The van der Waals surface area contributed by atoms with Gasteiger partial charge in [0.2, 0.25) is 0 Å². The Hall–Kier alpha value is -1.33. The largest absolute Gasteiger partial charge is 0.465 e. The van der Waals surface area contributed by atoms with Gasteiger partial charge in [0.05, 0.1) is 17.2 Å². The van der Waals surface area contributed by atoms with Crippen LogP contribution in [0.15, 0.2) is 12.3 Å². The van der Waals surface area contributed by atoms with Crippen molar-refractivity contribution >= 4 is 35.1 Å². The molecule has 1 aromatic rings. The lowest BCUT2D eigenvalue weighted by Crippen LogP contribution is -2.39. The van der Waals surface area contributed by atoms with Crippen molar-refractivity contribution in [1.82, 2.24) is 9.88 Å². The SMILES string of the molecule is CCOC(=O)CN(CC(C)C)C(=O)c1cnc(Cl)c(Cl)c1. The second-order valence-electron chi connectivity index (χ2n) is 4.88. The summed E-state index contributed by atoms with van der Waals surface area (Å²) in [6.07, 6.45) is 1.34. The molecule has 5 nitrogen and oxygen atoms in total. The second kappa shape index (κ2) is 8.20. The Labute approximate surface area is 134 Å². The molecular weight excluding hydrogens is 315 g/mol. The summed E-state index contributed by atoms with van der Waals surface area (Å²) in [5.41, 5.74) is 0.286. The van der Waals surface area contributed by atoms with Crippen molar-refractivity contribution in [3.8, 4) is 0 Å². The van der Waals surface area contributed by atoms with Crippen molar-refractivity contribution < 1.29 is 14.3 Å². The van der Waals surface area contributed by atoms with Gasteiger partial charge in [0.1, 0.15) is 11.7 Å². The smallest absolute Gasteiger partial charge is 0.325 e. The molecule has 1 rings (SSSR count). The van der Waals surface area contributed by atoms with Crippen LogP contribution in [-0.4, -0.2) is 41.5 Å². The van der Waals surface area contributed by atoms with E-state index >= 15 is 0 Å². The quantitative estimate of drug-likeness (QED) is 0.593. The van der Waals surface area contributed by atoms with Gasteiger partial charge in [-0.15, -0.1) is 0 Å². The molecule has 0 aromatic carbocycles. The molecule has 0 saturated carbocycles. The minimum Gasteiger partial charge on any atom is -0.465 e. The summed E-state index contributed by atoms with van der Waals surface area (Å²) >= 11 is 11.6. The third kappa shape index (κ3) is 5.52. The van der Waals surface area contributed by atoms with Crippen LogP contribution in [0.25, 0.3) is 0 Å². The van der Waals surface area contributed by atoms with E-state index in [9.17, 15) is 9.59 Å². The number of pyridine rings is 1. The maximum Gasteiger partial charge on any atom is 0.325 e. The van der Waals surface area contributed by atoms with Crippen LogP contribution < -0.4 is 0 Å². The fourth-order valence-corrected chi connectivity index (χ4v) is 2.01. The summed E-state index contributed by atoms with van der Waals surface area (Å²) in [5.74, 6) is -0.568. The molecule has 0 N–H and O–H groups in total. The minimum absolute atomic E-state index is 0.106. The van der Waals surface area contributed by atoms with Crippen LogP contribution in [0.2, 0.25) is 10.2 Å². The number of halogens is 2. The molecular formula is C14H18Cl2N2O3. The number of amides is 1. The highest BCUT2D eigenvalue weighted by atomic mass is 35.5. The van der Waals surface area contributed by atoms with E-state index in [2.05, 4.69) is 4.98 Å². The average Bonchev–Trinajstić information content (AvgIpc) is 2.40. The lowest BCUT2D eigenvalue weighted by Gasteiger charge is -2.23. The third-order valence-electron chi connectivity index (χ3n) is 2.54. The van der Waals surface area contributed by atoms with Gasteiger partial charge in [-0.05, 0) is 18.9 Å². The monoisotopic (exact) mass is 332 g/mol. The number of ether oxygens (including phenoxy) is 1. The van der Waals surface area contributed by atoms with E-state index in [1.54, 1.807) is 6.92 Å². The molecule has 0 radical (unpaired) electrons. The summed E-state index contributed by atoms with van der Waals surface area (Å²) in [6.45, 7) is 6.23. The van der Waals surface area contributed by atoms with Crippen molar-refractivity contribution in [1.29, 1.82) is 0 Å². The second-order valence-corrected chi connectivity index (χ2v) is 5.65. The highest BCUT2D eigenvalue weighted by Gasteiger charge is 2.21. The Morgan fingerprint density at radius 2 is 2.05 bits per heavy atom. The Bertz CT molecular complexity index is 521. The van der Waals surface area contributed by atoms with Gasteiger partial charge in [0, 0.05) is 12.7 Å². The number of hydrogen-bond acceptors (Lipinski definition) is 4. The molecule has 0 fully saturated rings. The first-order valence-corrected chi connectivity index (χ1v) is 7.36. The molecule has 0 bridgehead atoms.